The Labute approximate surface area is 114 Å². The van der Waals surface area contributed by atoms with Crippen LogP contribution in [0.15, 0.2) is 18.2 Å². The van der Waals surface area contributed by atoms with Gasteiger partial charge in [0.25, 0.3) is 5.91 Å². The molecule has 0 bridgehead atoms. The average molecular weight is 263 g/mol. The molecule has 0 saturated carbocycles. The summed E-state index contributed by atoms with van der Waals surface area (Å²) in [5.74, 6) is 0.781. The molecule has 19 heavy (non-hydrogen) atoms. The molecule has 0 aliphatic carbocycles. The predicted octanol–water partition coefficient (Wildman–Crippen LogP) is 1.01. The summed E-state index contributed by atoms with van der Waals surface area (Å²) in [6.45, 7) is 6.20. The molecule has 2 N–H and O–H groups in total. The number of ether oxygens (including phenoxy) is 1. The number of hydrogen-bond acceptors (Lipinski definition) is 2. The van der Waals surface area contributed by atoms with Gasteiger partial charge in [-0.3, -0.25) is 4.79 Å². The Balaban J connectivity index is 2.07. The minimum atomic E-state index is -0.00674. The lowest BCUT2D eigenvalue weighted by atomic mass is 10.2. The molecule has 1 aromatic rings. The molecule has 1 aliphatic rings. The van der Waals surface area contributed by atoms with Crippen LogP contribution in [0.4, 0.5) is 5.69 Å². The number of carbonyl (C=O) groups is 1. The highest BCUT2D eigenvalue weighted by Crippen LogP contribution is 2.25. The third kappa shape index (κ3) is 3.26. The molecule has 0 aromatic heterocycles. The van der Waals surface area contributed by atoms with E-state index in [-0.39, 0.29) is 11.9 Å². The standard InChI is InChI=1S/C15H22N2O2/c1-11-6-7-14(19-3)13(10-11)16-15(18)12(2)17-8-4-5-9-17/h6-7,10,12H,4-5,8-9H2,1-3H3,(H,16,18)/p+1/t12-/m0/s1. The van der Waals surface area contributed by atoms with Crippen LogP contribution in [0.25, 0.3) is 0 Å². The van der Waals surface area contributed by atoms with Gasteiger partial charge in [0.2, 0.25) is 0 Å². The zero-order valence-electron chi connectivity index (χ0n) is 12.0. The van der Waals surface area contributed by atoms with Crippen molar-refractivity contribution in [3.8, 4) is 5.75 Å². The van der Waals surface area contributed by atoms with Crippen molar-refractivity contribution in [1.82, 2.24) is 0 Å². The Hall–Kier alpha value is -1.55. The number of nitrogens with one attached hydrogen (secondary N) is 2. The smallest absolute Gasteiger partial charge is 0.282 e. The maximum atomic E-state index is 12.3. The average Bonchev–Trinajstić information content (AvgIpc) is 2.92. The van der Waals surface area contributed by atoms with E-state index in [4.69, 9.17) is 4.74 Å². The van der Waals surface area contributed by atoms with E-state index < -0.39 is 0 Å². The number of aryl methyl sites for hydroxylation is 1. The van der Waals surface area contributed by atoms with Gasteiger partial charge >= 0.3 is 0 Å². The van der Waals surface area contributed by atoms with Crippen molar-refractivity contribution < 1.29 is 14.4 Å². The molecule has 0 spiro atoms. The third-order valence-corrected chi connectivity index (χ3v) is 3.86. The first-order chi connectivity index (χ1) is 9.11. The van der Waals surface area contributed by atoms with Gasteiger partial charge in [-0.1, -0.05) is 6.07 Å². The largest absolute Gasteiger partial charge is 0.495 e. The lowest BCUT2D eigenvalue weighted by molar-refractivity contribution is -0.901. The molecular formula is C15H23N2O2+. The Bertz CT molecular complexity index is 453. The zero-order valence-corrected chi connectivity index (χ0v) is 12.0. The van der Waals surface area contributed by atoms with Gasteiger partial charge in [-0.05, 0) is 31.5 Å². The second-order valence-corrected chi connectivity index (χ2v) is 5.28. The SMILES string of the molecule is COc1ccc(C)cc1NC(=O)[C@H](C)[NH+]1CCCC1. The molecule has 1 saturated heterocycles. The van der Waals surface area contributed by atoms with Crippen molar-refractivity contribution >= 4 is 11.6 Å². The molecule has 1 atom stereocenters. The monoisotopic (exact) mass is 263 g/mol. The van der Waals surface area contributed by atoms with E-state index in [0.29, 0.717) is 5.75 Å². The first-order valence-corrected chi connectivity index (χ1v) is 6.92. The maximum Gasteiger partial charge on any atom is 0.282 e. The number of amides is 1. The van der Waals surface area contributed by atoms with Gasteiger partial charge in [0.15, 0.2) is 6.04 Å². The van der Waals surface area contributed by atoms with Crippen LogP contribution in [0, 0.1) is 6.92 Å². The van der Waals surface area contributed by atoms with E-state index in [2.05, 4.69) is 5.32 Å². The molecule has 2 rings (SSSR count). The minimum absolute atomic E-state index is 0.00674. The number of hydrogen-bond donors (Lipinski definition) is 2. The van der Waals surface area contributed by atoms with Crippen LogP contribution >= 0.6 is 0 Å². The molecule has 0 radical (unpaired) electrons. The van der Waals surface area contributed by atoms with Crippen LogP contribution in [0.5, 0.6) is 5.75 Å². The summed E-state index contributed by atoms with van der Waals surface area (Å²) in [5, 5.41) is 2.99. The number of likely N-dealkylation sites (tertiary alicyclic amines) is 1. The Kier molecular flexibility index (Phi) is 4.43. The Morgan fingerprint density at radius 1 is 1.37 bits per heavy atom. The van der Waals surface area contributed by atoms with Crippen LogP contribution in [0.3, 0.4) is 0 Å². The van der Waals surface area contributed by atoms with E-state index in [9.17, 15) is 4.79 Å². The summed E-state index contributed by atoms with van der Waals surface area (Å²) in [4.78, 5) is 13.7. The van der Waals surface area contributed by atoms with E-state index in [1.54, 1.807) is 7.11 Å². The van der Waals surface area contributed by atoms with Crippen molar-refractivity contribution in [2.75, 3.05) is 25.5 Å². The first-order valence-electron chi connectivity index (χ1n) is 6.92. The van der Waals surface area contributed by atoms with E-state index in [1.165, 1.54) is 17.7 Å². The summed E-state index contributed by atoms with van der Waals surface area (Å²) >= 11 is 0. The normalized spacial score (nSPS) is 17.2. The second-order valence-electron chi connectivity index (χ2n) is 5.28. The Morgan fingerprint density at radius 3 is 2.68 bits per heavy atom. The maximum absolute atomic E-state index is 12.3. The molecule has 4 heteroatoms. The van der Waals surface area contributed by atoms with Crippen LogP contribution in [-0.2, 0) is 4.79 Å². The molecule has 104 valence electrons. The third-order valence-electron chi connectivity index (χ3n) is 3.86. The number of quaternary nitrogens is 1. The Morgan fingerprint density at radius 2 is 2.05 bits per heavy atom. The van der Waals surface area contributed by atoms with Crippen LogP contribution in [0.2, 0.25) is 0 Å². The van der Waals surface area contributed by atoms with Gasteiger partial charge in [0.1, 0.15) is 5.75 Å². The summed E-state index contributed by atoms with van der Waals surface area (Å²) in [6.07, 6.45) is 2.45. The highest BCUT2D eigenvalue weighted by molar-refractivity contribution is 5.95. The summed E-state index contributed by atoms with van der Waals surface area (Å²) in [6, 6.07) is 5.80. The lowest BCUT2D eigenvalue weighted by Gasteiger charge is -2.20. The number of benzene rings is 1. The van der Waals surface area contributed by atoms with Crippen LogP contribution in [0.1, 0.15) is 25.3 Å². The van der Waals surface area contributed by atoms with Gasteiger partial charge in [0, 0.05) is 12.8 Å². The summed E-state index contributed by atoms with van der Waals surface area (Å²) < 4.78 is 5.28. The van der Waals surface area contributed by atoms with Gasteiger partial charge < -0.3 is 15.0 Å². The van der Waals surface area contributed by atoms with E-state index in [1.807, 2.05) is 32.0 Å². The van der Waals surface area contributed by atoms with Crippen molar-refractivity contribution in [3.05, 3.63) is 23.8 Å². The van der Waals surface area contributed by atoms with E-state index >= 15 is 0 Å². The number of rotatable bonds is 4. The predicted molar refractivity (Wildman–Crippen MR) is 75.8 cm³/mol. The fraction of sp³-hybridized carbons (Fsp3) is 0.533. The van der Waals surface area contributed by atoms with Crippen LogP contribution < -0.4 is 15.0 Å². The molecule has 4 nitrogen and oxygen atoms in total. The van der Waals surface area contributed by atoms with Gasteiger partial charge in [-0.15, -0.1) is 0 Å². The molecule has 1 amide bonds. The molecule has 0 unspecified atom stereocenters. The number of methoxy groups -OCH3 is 1. The molecule has 1 heterocycles. The molecule has 1 aliphatic heterocycles. The van der Waals surface area contributed by atoms with Gasteiger partial charge in [-0.2, -0.15) is 0 Å². The summed E-state index contributed by atoms with van der Waals surface area (Å²) in [5.41, 5.74) is 1.87. The van der Waals surface area contributed by atoms with Crippen molar-refractivity contribution in [3.63, 3.8) is 0 Å². The summed E-state index contributed by atoms with van der Waals surface area (Å²) in [7, 11) is 1.62. The first kappa shape index (κ1) is 13.9. The minimum Gasteiger partial charge on any atom is -0.495 e. The quantitative estimate of drug-likeness (QED) is 0.851. The fourth-order valence-electron chi connectivity index (χ4n) is 2.61. The number of carbonyl (C=O) groups excluding carboxylic acids is 1. The highest BCUT2D eigenvalue weighted by Gasteiger charge is 2.28. The lowest BCUT2D eigenvalue weighted by Crippen LogP contribution is -3.14. The molecule has 1 fully saturated rings. The topological polar surface area (TPSA) is 42.8 Å². The van der Waals surface area contributed by atoms with Gasteiger partial charge in [-0.25, -0.2) is 0 Å². The van der Waals surface area contributed by atoms with E-state index in [0.717, 1.165) is 24.3 Å². The number of anilines is 1. The fourth-order valence-corrected chi connectivity index (χ4v) is 2.61. The van der Waals surface area contributed by atoms with Crippen molar-refractivity contribution in [2.45, 2.75) is 32.7 Å². The second kappa shape index (κ2) is 6.06. The molecular weight excluding hydrogens is 240 g/mol. The zero-order chi connectivity index (χ0) is 13.8. The van der Waals surface area contributed by atoms with Crippen molar-refractivity contribution in [1.29, 1.82) is 0 Å². The van der Waals surface area contributed by atoms with Gasteiger partial charge in [0.05, 0.1) is 25.9 Å². The molecule has 1 aromatic carbocycles. The van der Waals surface area contributed by atoms with Crippen molar-refractivity contribution in [2.24, 2.45) is 0 Å². The highest BCUT2D eigenvalue weighted by atomic mass is 16.5. The van der Waals surface area contributed by atoms with Crippen LogP contribution in [-0.4, -0.2) is 32.1 Å².